The third kappa shape index (κ3) is 7.12. The molecule has 1 aromatic carbocycles. The lowest BCUT2D eigenvalue weighted by Gasteiger charge is -2.33. The summed E-state index contributed by atoms with van der Waals surface area (Å²) in [6.45, 7) is 4.28. The van der Waals surface area contributed by atoms with Crippen LogP contribution in [0.25, 0.3) is 0 Å². The van der Waals surface area contributed by atoms with Gasteiger partial charge in [0.2, 0.25) is 11.8 Å². The first-order chi connectivity index (χ1) is 13.4. The molecule has 28 heavy (non-hydrogen) atoms. The summed E-state index contributed by atoms with van der Waals surface area (Å²) in [4.78, 5) is 36.1. The predicted molar refractivity (Wildman–Crippen MR) is 104 cm³/mol. The highest BCUT2D eigenvalue weighted by Crippen LogP contribution is 2.18. The fourth-order valence-corrected chi connectivity index (χ4v) is 3.42. The van der Waals surface area contributed by atoms with E-state index in [-0.39, 0.29) is 35.9 Å². The first kappa shape index (κ1) is 22.2. The zero-order valence-corrected chi connectivity index (χ0v) is 16.9. The number of hydrogen-bond donors (Lipinski definition) is 1. The molecule has 1 heterocycles. The number of carbonyl (C=O) groups excluding carboxylic acids is 3. The van der Waals surface area contributed by atoms with Gasteiger partial charge in [-0.15, -0.1) is 11.8 Å². The smallest absolute Gasteiger partial charge is 0.223 e. The number of ketones is 1. The molecule has 9 heteroatoms. The van der Waals surface area contributed by atoms with Crippen LogP contribution in [-0.2, 0) is 14.3 Å². The topological polar surface area (TPSA) is 84.9 Å². The van der Waals surface area contributed by atoms with E-state index in [1.807, 2.05) is 0 Å². The average molecular weight is 412 g/mol. The molecule has 0 spiro atoms. The van der Waals surface area contributed by atoms with Gasteiger partial charge in [0.15, 0.2) is 5.78 Å². The van der Waals surface area contributed by atoms with E-state index in [9.17, 15) is 18.8 Å². The average Bonchev–Trinajstić information content (AvgIpc) is 2.65. The fourth-order valence-electron chi connectivity index (χ4n) is 2.65. The molecule has 0 saturated carbocycles. The first-order valence-corrected chi connectivity index (χ1v) is 10.2. The second-order valence-electron chi connectivity index (χ2n) is 6.38. The van der Waals surface area contributed by atoms with Crippen molar-refractivity contribution >= 4 is 29.4 Å². The molecule has 154 valence electrons. The van der Waals surface area contributed by atoms with Crippen LogP contribution in [-0.4, -0.2) is 66.5 Å². The lowest BCUT2D eigenvalue weighted by atomic mass is 10.1. The van der Waals surface area contributed by atoms with E-state index >= 15 is 0 Å². The molecule has 1 atom stereocenters. The summed E-state index contributed by atoms with van der Waals surface area (Å²) in [6.07, 6.45) is 0.0792. The molecule has 2 rings (SSSR count). The summed E-state index contributed by atoms with van der Waals surface area (Å²) in [6, 6.07) is 4.11. The molecule has 0 aliphatic carbocycles. The van der Waals surface area contributed by atoms with E-state index in [0.717, 1.165) is 0 Å². The van der Waals surface area contributed by atoms with Crippen molar-refractivity contribution < 1.29 is 28.2 Å². The number of Topliss-reactive ketones (excluding diaryl/α,β-unsaturated/α-hetero) is 1. The number of amides is 2. The van der Waals surface area contributed by atoms with Gasteiger partial charge >= 0.3 is 0 Å². The molecule has 0 radical (unpaired) electrons. The molecule has 1 aromatic rings. The Balaban J connectivity index is 1.75. The maximum absolute atomic E-state index is 13.8. The zero-order chi connectivity index (χ0) is 20.5. The number of ether oxygens (including phenoxy) is 2. The van der Waals surface area contributed by atoms with Gasteiger partial charge in [-0.25, -0.2) is 4.39 Å². The molecule has 1 unspecified atom stereocenters. The van der Waals surface area contributed by atoms with Gasteiger partial charge in [-0.3, -0.25) is 14.4 Å². The normalized spacial score (nSPS) is 16.5. The van der Waals surface area contributed by atoms with E-state index in [2.05, 4.69) is 5.32 Å². The molecule has 2 amide bonds. The monoisotopic (exact) mass is 412 g/mol. The van der Waals surface area contributed by atoms with Crippen molar-refractivity contribution in [3.05, 3.63) is 29.6 Å². The number of morpholine rings is 1. The van der Waals surface area contributed by atoms with Crippen LogP contribution in [0.15, 0.2) is 18.2 Å². The van der Waals surface area contributed by atoms with Gasteiger partial charge < -0.3 is 19.7 Å². The number of nitrogens with one attached hydrogen (secondary N) is 1. The Labute approximate surface area is 167 Å². The van der Waals surface area contributed by atoms with Crippen molar-refractivity contribution in [3.63, 3.8) is 0 Å². The van der Waals surface area contributed by atoms with Gasteiger partial charge in [0.1, 0.15) is 24.3 Å². The number of rotatable bonds is 9. The summed E-state index contributed by atoms with van der Waals surface area (Å²) >= 11 is 1.49. The standard InChI is InChI=1S/C19H25FN2O5S/c1-13(23)17-4-3-15(9-18(17)20)27-11-16-10-22(6-7-26-16)19(25)5-8-28-12-21-14(2)24/h3-4,9,16H,5-8,10-12H2,1-2H3,(H,21,24). The quantitative estimate of drug-likeness (QED) is 0.379. The van der Waals surface area contributed by atoms with Crippen molar-refractivity contribution in [1.82, 2.24) is 10.2 Å². The lowest BCUT2D eigenvalue weighted by molar-refractivity contribution is -0.139. The molecular weight excluding hydrogens is 387 g/mol. The molecule has 1 saturated heterocycles. The summed E-state index contributed by atoms with van der Waals surface area (Å²) in [5.74, 6) is 0.392. The third-order valence-corrected chi connectivity index (χ3v) is 4.97. The molecule has 7 nitrogen and oxygen atoms in total. The van der Waals surface area contributed by atoms with Gasteiger partial charge in [-0.05, 0) is 19.1 Å². The van der Waals surface area contributed by atoms with Crippen LogP contribution >= 0.6 is 11.8 Å². The highest BCUT2D eigenvalue weighted by Gasteiger charge is 2.24. The van der Waals surface area contributed by atoms with E-state index in [0.29, 0.717) is 43.5 Å². The first-order valence-electron chi connectivity index (χ1n) is 9.01. The highest BCUT2D eigenvalue weighted by atomic mass is 32.2. The van der Waals surface area contributed by atoms with Crippen LogP contribution in [0.4, 0.5) is 4.39 Å². The molecule has 1 N–H and O–H groups in total. The minimum atomic E-state index is -0.622. The number of carbonyl (C=O) groups is 3. The van der Waals surface area contributed by atoms with Gasteiger partial charge in [0.05, 0.1) is 24.6 Å². The van der Waals surface area contributed by atoms with Crippen molar-refractivity contribution in [2.75, 3.05) is 37.9 Å². The van der Waals surface area contributed by atoms with E-state index in [4.69, 9.17) is 9.47 Å². The third-order valence-electron chi connectivity index (χ3n) is 4.13. The second-order valence-corrected chi connectivity index (χ2v) is 7.48. The maximum Gasteiger partial charge on any atom is 0.223 e. The molecule has 0 bridgehead atoms. The Hall–Kier alpha value is -2.13. The predicted octanol–water partition coefficient (Wildman–Crippen LogP) is 1.85. The Morgan fingerprint density at radius 1 is 1.36 bits per heavy atom. The molecule has 1 aliphatic rings. The van der Waals surface area contributed by atoms with Crippen LogP contribution < -0.4 is 10.1 Å². The highest BCUT2D eigenvalue weighted by molar-refractivity contribution is 7.99. The maximum atomic E-state index is 13.8. The number of thioether (sulfide) groups is 1. The molecule has 1 aliphatic heterocycles. The van der Waals surface area contributed by atoms with Crippen LogP contribution in [0.2, 0.25) is 0 Å². The van der Waals surface area contributed by atoms with Crippen LogP contribution in [0.1, 0.15) is 30.6 Å². The number of halogens is 1. The van der Waals surface area contributed by atoms with E-state index in [1.165, 1.54) is 43.8 Å². The second kappa shape index (κ2) is 11.0. The summed E-state index contributed by atoms with van der Waals surface area (Å²) in [5, 5.41) is 2.67. The van der Waals surface area contributed by atoms with Crippen LogP contribution in [0.3, 0.4) is 0 Å². The van der Waals surface area contributed by atoms with Crippen LogP contribution in [0, 0.1) is 5.82 Å². The van der Waals surface area contributed by atoms with Crippen molar-refractivity contribution in [1.29, 1.82) is 0 Å². The van der Waals surface area contributed by atoms with Crippen molar-refractivity contribution in [2.24, 2.45) is 0 Å². The molecule has 0 aromatic heterocycles. The minimum absolute atomic E-state index is 0.0226. The minimum Gasteiger partial charge on any atom is -0.491 e. The Bertz CT molecular complexity index is 716. The molecular formula is C19H25FN2O5S. The fraction of sp³-hybridized carbons (Fsp3) is 0.526. The van der Waals surface area contributed by atoms with Crippen molar-refractivity contribution in [2.45, 2.75) is 26.4 Å². The van der Waals surface area contributed by atoms with Gasteiger partial charge in [-0.2, -0.15) is 0 Å². The summed E-state index contributed by atoms with van der Waals surface area (Å²) in [5.41, 5.74) is 0.0226. The van der Waals surface area contributed by atoms with Crippen LogP contribution in [0.5, 0.6) is 5.75 Å². The number of nitrogens with zero attached hydrogens (tertiary/aromatic N) is 1. The van der Waals surface area contributed by atoms with E-state index in [1.54, 1.807) is 4.90 Å². The van der Waals surface area contributed by atoms with Gasteiger partial charge in [-0.1, -0.05) is 0 Å². The van der Waals surface area contributed by atoms with E-state index < -0.39 is 5.82 Å². The molecule has 1 fully saturated rings. The number of benzene rings is 1. The Morgan fingerprint density at radius 3 is 2.82 bits per heavy atom. The lowest BCUT2D eigenvalue weighted by Crippen LogP contribution is -2.47. The van der Waals surface area contributed by atoms with Crippen molar-refractivity contribution in [3.8, 4) is 5.75 Å². The SMILES string of the molecule is CC(=O)NCSCCC(=O)N1CCOC(COc2ccc(C(C)=O)c(F)c2)C1. The summed E-state index contributed by atoms with van der Waals surface area (Å²) < 4.78 is 25.0. The largest absolute Gasteiger partial charge is 0.491 e. The Kier molecular flexibility index (Phi) is 8.72. The van der Waals surface area contributed by atoms with Gasteiger partial charge in [0.25, 0.3) is 0 Å². The number of hydrogen-bond acceptors (Lipinski definition) is 6. The Morgan fingerprint density at radius 2 is 2.14 bits per heavy atom. The van der Waals surface area contributed by atoms with Gasteiger partial charge in [0, 0.05) is 31.7 Å². The summed E-state index contributed by atoms with van der Waals surface area (Å²) in [7, 11) is 0. The zero-order valence-electron chi connectivity index (χ0n) is 16.0.